The molecule has 4 rings (SSSR count). The third-order valence-electron chi connectivity index (χ3n) is 5.08. The number of ether oxygens (including phenoxy) is 1. The lowest BCUT2D eigenvalue weighted by Crippen LogP contribution is -2.35. The number of hydrogen-bond acceptors (Lipinski definition) is 9. The maximum atomic E-state index is 11.7. The Labute approximate surface area is 181 Å². The van der Waals surface area contributed by atoms with Crippen LogP contribution in [0, 0.1) is 10.1 Å². The fourth-order valence-electron chi connectivity index (χ4n) is 3.54. The van der Waals surface area contributed by atoms with Crippen LogP contribution in [0.5, 0.6) is 0 Å². The highest BCUT2D eigenvalue weighted by molar-refractivity contribution is 6.30. The zero-order chi connectivity index (χ0) is 22.0. The number of halogens is 1. The van der Waals surface area contributed by atoms with Gasteiger partial charge in [0, 0.05) is 35.9 Å². The Morgan fingerprint density at radius 1 is 1.35 bits per heavy atom. The number of benzene rings is 1. The number of methoxy groups -OCH3 is 1. The number of aromatic nitrogens is 3. The predicted octanol–water partition coefficient (Wildman–Crippen LogP) is 3.86. The number of nitrogens with zero attached hydrogens (tertiary/aromatic N) is 5. The second-order valence-corrected chi connectivity index (χ2v) is 7.50. The molecule has 0 radical (unpaired) electrons. The molecule has 1 atom stereocenters. The average Bonchev–Trinajstić information content (AvgIpc) is 3.29. The van der Waals surface area contributed by atoms with E-state index in [0.717, 1.165) is 18.4 Å². The third kappa shape index (κ3) is 4.33. The molecule has 11 heteroatoms. The normalized spacial score (nSPS) is 16.2. The van der Waals surface area contributed by atoms with Crippen molar-refractivity contribution in [3.63, 3.8) is 0 Å². The fourth-order valence-corrected chi connectivity index (χ4v) is 3.67. The first-order valence-electron chi connectivity index (χ1n) is 9.53. The molecule has 1 aliphatic rings. The summed E-state index contributed by atoms with van der Waals surface area (Å²) >= 11 is 5.92. The number of anilines is 1. The summed E-state index contributed by atoms with van der Waals surface area (Å²) in [4.78, 5) is 33.3. The summed E-state index contributed by atoms with van der Waals surface area (Å²) in [5, 5.41) is 16.3. The van der Waals surface area contributed by atoms with Gasteiger partial charge in [0.15, 0.2) is 0 Å². The Kier molecular flexibility index (Phi) is 5.81. The molecule has 0 saturated carbocycles. The standard InChI is InChI=1S/C20H18ClN5O5/c1-30-20(27)14-9-16(26(28)29)18(22-10-14)25-8-2-3-13(11-25)19-23-17(24-31-19)12-4-6-15(21)7-5-12/h4-7,9-10,13H,2-3,8,11H2,1H3. The summed E-state index contributed by atoms with van der Waals surface area (Å²) in [7, 11) is 1.21. The maximum absolute atomic E-state index is 11.7. The Bertz CT molecular complexity index is 1120. The lowest BCUT2D eigenvalue weighted by molar-refractivity contribution is -0.384. The predicted molar refractivity (Wildman–Crippen MR) is 111 cm³/mol. The SMILES string of the molecule is COC(=O)c1cnc(N2CCCC(c3nc(-c4ccc(Cl)cc4)no3)C2)c([N+](=O)[O-])c1. The monoisotopic (exact) mass is 443 g/mol. The van der Waals surface area contributed by atoms with Crippen LogP contribution in [0.4, 0.5) is 11.5 Å². The zero-order valence-electron chi connectivity index (χ0n) is 16.5. The molecule has 0 amide bonds. The van der Waals surface area contributed by atoms with Gasteiger partial charge in [0.2, 0.25) is 17.5 Å². The molecule has 0 bridgehead atoms. The van der Waals surface area contributed by atoms with Gasteiger partial charge in [-0.15, -0.1) is 0 Å². The molecule has 2 aromatic heterocycles. The van der Waals surface area contributed by atoms with Crippen LogP contribution in [0.15, 0.2) is 41.1 Å². The lowest BCUT2D eigenvalue weighted by atomic mass is 9.97. The van der Waals surface area contributed by atoms with Crippen LogP contribution in [0.1, 0.15) is 35.0 Å². The number of pyridine rings is 1. The van der Waals surface area contributed by atoms with Crippen LogP contribution in [0.3, 0.4) is 0 Å². The van der Waals surface area contributed by atoms with Crippen molar-refractivity contribution in [2.75, 3.05) is 25.1 Å². The van der Waals surface area contributed by atoms with Crippen molar-refractivity contribution in [3.05, 3.63) is 63.1 Å². The third-order valence-corrected chi connectivity index (χ3v) is 5.33. The Hall–Kier alpha value is -3.53. The van der Waals surface area contributed by atoms with Crippen molar-refractivity contribution in [2.45, 2.75) is 18.8 Å². The number of carbonyl (C=O) groups excluding carboxylic acids is 1. The largest absolute Gasteiger partial charge is 0.465 e. The van der Waals surface area contributed by atoms with Crippen LogP contribution in [0.2, 0.25) is 5.02 Å². The van der Waals surface area contributed by atoms with E-state index in [9.17, 15) is 14.9 Å². The molecule has 0 N–H and O–H groups in total. The first-order chi connectivity index (χ1) is 15.0. The van der Waals surface area contributed by atoms with Gasteiger partial charge in [-0.1, -0.05) is 16.8 Å². The molecule has 0 aliphatic carbocycles. The zero-order valence-corrected chi connectivity index (χ0v) is 17.3. The van der Waals surface area contributed by atoms with Crippen LogP contribution in [0.25, 0.3) is 11.4 Å². The molecule has 0 spiro atoms. The molecule has 10 nitrogen and oxygen atoms in total. The van der Waals surface area contributed by atoms with E-state index in [1.165, 1.54) is 19.4 Å². The topological polar surface area (TPSA) is 124 Å². The van der Waals surface area contributed by atoms with Gasteiger partial charge in [0.05, 0.1) is 23.5 Å². The summed E-state index contributed by atoms with van der Waals surface area (Å²) in [5.41, 5.74) is 0.551. The van der Waals surface area contributed by atoms with E-state index < -0.39 is 10.9 Å². The van der Waals surface area contributed by atoms with Gasteiger partial charge in [0.25, 0.3) is 0 Å². The molecule has 1 unspecified atom stereocenters. The van der Waals surface area contributed by atoms with Gasteiger partial charge in [-0.25, -0.2) is 9.78 Å². The molecule has 1 aromatic carbocycles. The summed E-state index contributed by atoms with van der Waals surface area (Å²) < 4.78 is 10.1. The fraction of sp³-hybridized carbons (Fsp3) is 0.300. The highest BCUT2D eigenvalue weighted by atomic mass is 35.5. The smallest absolute Gasteiger partial charge is 0.339 e. The van der Waals surface area contributed by atoms with E-state index in [1.54, 1.807) is 29.2 Å². The second kappa shape index (κ2) is 8.68. The van der Waals surface area contributed by atoms with E-state index >= 15 is 0 Å². The number of hydrogen-bond donors (Lipinski definition) is 0. The van der Waals surface area contributed by atoms with Crippen LogP contribution < -0.4 is 4.90 Å². The van der Waals surface area contributed by atoms with E-state index in [0.29, 0.717) is 29.8 Å². The maximum Gasteiger partial charge on any atom is 0.339 e. The molecule has 31 heavy (non-hydrogen) atoms. The quantitative estimate of drug-likeness (QED) is 0.328. The van der Waals surface area contributed by atoms with E-state index in [1.807, 2.05) is 0 Å². The minimum Gasteiger partial charge on any atom is -0.465 e. The Morgan fingerprint density at radius 2 is 2.13 bits per heavy atom. The van der Waals surface area contributed by atoms with Gasteiger partial charge < -0.3 is 14.2 Å². The van der Waals surface area contributed by atoms with Crippen LogP contribution in [-0.4, -0.2) is 46.2 Å². The summed E-state index contributed by atoms with van der Waals surface area (Å²) in [5.74, 6) is 0.321. The van der Waals surface area contributed by atoms with Crippen LogP contribution >= 0.6 is 11.6 Å². The van der Waals surface area contributed by atoms with Crippen molar-refractivity contribution >= 4 is 29.1 Å². The molecular weight excluding hydrogens is 426 g/mol. The van der Waals surface area contributed by atoms with Crippen molar-refractivity contribution in [1.29, 1.82) is 0 Å². The molecule has 160 valence electrons. The number of piperidine rings is 1. The number of carbonyl (C=O) groups is 1. The van der Waals surface area contributed by atoms with Crippen molar-refractivity contribution in [3.8, 4) is 11.4 Å². The molecule has 1 saturated heterocycles. The molecular formula is C20H18ClN5O5. The van der Waals surface area contributed by atoms with Crippen molar-refractivity contribution < 1.29 is 19.0 Å². The molecule has 3 aromatic rings. The van der Waals surface area contributed by atoms with E-state index in [4.69, 9.17) is 16.1 Å². The van der Waals surface area contributed by atoms with Crippen molar-refractivity contribution in [1.82, 2.24) is 15.1 Å². The van der Waals surface area contributed by atoms with Crippen molar-refractivity contribution in [2.24, 2.45) is 0 Å². The van der Waals surface area contributed by atoms with Gasteiger partial charge in [-0.3, -0.25) is 10.1 Å². The van der Waals surface area contributed by atoms with Gasteiger partial charge in [0.1, 0.15) is 0 Å². The van der Waals surface area contributed by atoms with Gasteiger partial charge in [-0.2, -0.15) is 4.98 Å². The van der Waals surface area contributed by atoms with E-state index in [-0.39, 0.29) is 23.0 Å². The lowest BCUT2D eigenvalue weighted by Gasteiger charge is -2.31. The van der Waals surface area contributed by atoms with Crippen LogP contribution in [-0.2, 0) is 4.74 Å². The molecule has 1 aliphatic heterocycles. The summed E-state index contributed by atoms with van der Waals surface area (Å²) in [6.45, 7) is 1.01. The van der Waals surface area contributed by atoms with Gasteiger partial charge in [-0.05, 0) is 37.1 Å². The highest BCUT2D eigenvalue weighted by Gasteiger charge is 2.31. The molecule has 1 fully saturated rings. The number of esters is 1. The summed E-state index contributed by atoms with van der Waals surface area (Å²) in [6, 6.07) is 8.29. The second-order valence-electron chi connectivity index (χ2n) is 7.06. The van der Waals surface area contributed by atoms with Gasteiger partial charge >= 0.3 is 11.7 Å². The summed E-state index contributed by atoms with van der Waals surface area (Å²) in [6.07, 6.45) is 2.84. The first kappa shape index (κ1) is 20.7. The molecule has 3 heterocycles. The first-order valence-corrected chi connectivity index (χ1v) is 9.91. The highest BCUT2D eigenvalue weighted by Crippen LogP contribution is 2.34. The Balaban J connectivity index is 1.57. The number of nitro groups is 1. The minimum absolute atomic E-state index is 0.0241. The Morgan fingerprint density at radius 3 is 2.84 bits per heavy atom. The number of rotatable bonds is 5. The van der Waals surface area contributed by atoms with E-state index in [2.05, 4.69) is 19.9 Å². The minimum atomic E-state index is -0.681. The average molecular weight is 444 g/mol.